The minimum atomic E-state index is 0.342. The van der Waals surface area contributed by atoms with Crippen molar-refractivity contribution in [1.29, 1.82) is 0 Å². The van der Waals surface area contributed by atoms with Crippen LogP contribution in [0.2, 0.25) is 0 Å². The lowest BCUT2D eigenvalue weighted by Gasteiger charge is -2.10. The van der Waals surface area contributed by atoms with E-state index in [-0.39, 0.29) is 0 Å². The monoisotopic (exact) mass is 166 g/mol. The van der Waals surface area contributed by atoms with Crippen LogP contribution in [0, 0.1) is 13.8 Å². The summed E-state index contributed by atoms with van der Waals surface area (Å²) >= 11 is 4.40. The Kier molecular flexibility index (Phi) is 2.61. The zero-order valence-electron chi connectivity index (χ0n) is 7.26. The molecule has 60 valence electrons. The second-order valence-corrected chi connectivity index (χ2v) is 3.74. The van der Waals surface area contributed by atoms with E-state index in [1.807, 2.05) is 0 Å². The third-order valence-corrected chi connectivity index (χ3v) is 2.37. The Labute approximate surface area is 74.0 Å². The first-order valence-corrected chi connectivity index (χ1v) is 4.38. The molecule has 1 aromatic carbocycles. The molecule has 0 radical (unpaired) electrons. The third kappa shape index (κ3) is 1.78. The minimum Gasteiger partial charge on any atom is -0.171 e. The predicted molar refractivity (Wildman–Crippen MR) is 53.3 cm³/mol. The van der Waals surface area contributed by atoms with Crippen LogP contribution < -0.4 is 0 Å². The first-order valence-electron chi connectivity index (χ1n) is 3.87. The number of thiol groups is 1. The summed E-state index contributed by atoms with van der Waals surface area (Å²) in [5.74, 6) is 0. The number of hydrogen-bond acceptors (Lipinski definition) is 1. The summed E-state index contributed by atoms with van der Waals surface area (Å²) in [6, 6.07) is 6.36. The fraction of sp³-hybridized carbons (Fsp3) is 0.400. The molecule has 0 N–H and O–H groups in total. The number of rotatable bonds is 1. The van der Waals surface area contributed by atoms with Gasteiger partial charge in [0.2, 0.25) is 0 Å². The number of benzene rings is 1. The fourth-order valence-electron chi connectivity index (χ4n) is 1.23. The molecule has 1 unspecified atom stereocenters. The van der Waals surface area contributed by atoms with Gasteiger partial charge in [0.05, 0.1) is 0 Å². The first-order chi connectivity index (χ1) is 5.13. The highest BCUT2D eigenvalue weighted by Gasteiger charge is 2.03. The van der Waals surface area contributed by atoms with Crippen LogP contribution in [0.25, 0.3) is 0 Å². The van der Waals surface area contributed by atoms with Gasteiger partial charge < -0.3 is 0 Å². The van der Waals surface area contributed by atoms with Gasteiger partial charge in [-0.15, -0.1) is 0 Å². The average molecular weight is 166 g/mol. The Balaban J connectivity index is 3.17. The van der Waals surface area contributed by atoms with Gasteiger partial charge in [-0.1, -0.05) is 18.2 Å². The zero-order valence-corrected chi connectivity index (χ0v) is 8.15. The van der Waals surface area contributed by atoms with Crippen molar-refractivity contribution in [2.75, 3.05) is 0 Å². The smallest absolute Gasteiger partial charge is 0.0241 e. The van der Waals surface area contributed by atoms with E-state index in [0.717, 1.165) is 0 Å². The Morgan fingerprint density at radius 2 is 1.91 bits per heavy atom. The van der Waals surface area contributed by atoms with E-state index in [4.69, 9.17) is 0 Å². The molecule has 1 rings (SSSR count). The molecule has 0 heterocycles. The summed E-state index contributed by atoms with van der Waals surface area (Å²) < 4.78 is 0. The van der Waals surface area contributed by atoms with Gasteiger partial charge in [-0.2, -0.15) is 12.6 Å². The summed E-state index contributed by atoms with van der Waals surface area (Å²) in [6.07, 6.45) is 0. The van der Waals surface area contributed by atoms with Crippen molar-refractivity contribution in [3.63, 3.8) is 0 Å². The van der Waals surface area contributed by atoms with Crippen LogP contribution in [-0.2, 0) is 0 Å². The van der Waals surface area contributed by atoms with Crippen LogP contribution in [0.4, 0.5) is 0 Å². The van der Waals surface area contributed by atoms with E-state index >= 15 is 0 Å². The third-order valence-electron chi connectivity index (χ3n) is 2.10. The van der Waals surface area contributed by atoms with Crippen LogP contribution in [0.5, 0.6) is 0 Å². The van der Waals surface area contributed by atoms with Gasteiger partial charge in [-0.05, 0) is 37.5 Å². The Morgan fingerprint density at radius 3 is 2.36 bits per heavy atom. The predicted octanol–water partition coefficient (Wildman–Crippen LogP) is 3.29. The molecule has 0 bridgehead atoms. The molecule has 0 aliphatic rings. The van der Waals surface area contributed by atoms with Crippen molar-refractivity contribution in [3.8, 4) is 0 Å². The van der Waals surface area contributed by atoms with Crippen LogP contribution in [-0.4, -0.2) is 0 Å². The maximum atomic E-state index is 4.40. The van der Waals surface area contributed by atoms with Crippen molar-refractivity contribution in [1.82, 2.24) is 0 Å². The molecule has 0 fully saturated rings. The second kappa shape index (κ2) is 3.31. The number of hydrogen-bond donors (Lipinski definition) is 1. The average Bonchev–Trinajstić information content (AvgIpc) is 1.94. The molecule has 1 aromatic rings. The van der Waals surface area contributed by atoms with Gasteiger partial charge in [0.15, 0.2) is 0 Å². The standard InChI is InChI=1S/C10H14S/c1-7-5-4-6-10(8(7)2)9(3)11/h4-6,9,11H,1-3H3. The zero-order chi connectivity index (χ0) is 8.43. The molecule has 1 atom stereocenters. The summed E-state index contributed by atoms with van der Waals surface area (Å²) in [6.45, 7) is 6.39. The maximum Gasteiger partial charge on any atom is 0.0241 e. The second-order valence-electron chi connectivity index (χ2n) is 2.97. The molecule has 0 nitrogen and oxygen atoms in total. The highest BCUT2D eigenvalue weighted by molar-refractivity contribution is 7.80. The van der Waals surface area contributed by atoms with Crippen molar-refractivity contribution < 1.29 is 0 Å². The fourth-order valence-corrected chi connectivity index (χ4v) is 1.51. The molecule has 1 heteroatoms. The van der Waals surface area contributed by atoms with Gasteiger partial charge in [-0.3, -0.25) is 0 Å². The lowest BCUT2D eigenvalue weighted by atomic mass is 10.0. The van der Waals surface area contributed by atoms with Crippen molar-refractivity contribution in [2.24, 2.45) is 0 Å². The van der Waals surface area contributed by atoms with Crippen LogP contribution in [0.15, 0.2) is 18.2 Å². The van der Waals surface area contributed by atoms with Crippen molar-refractivity contribution in [3.05, 3.63) is 34.9 Å². The van der Waals surface area contributed by atoms with Gasteiger partial charge in [-0.25, -0.2) is 0 Å². The van der Waals surface area contributed by atoms with Gasteiger partial charge >= 0.3 is 0 Å². The van der Waals surface area contributed by atoms with Crippen molar-refractivity contribution in [2.45, 2.75) is 26.0 Å². The summed E-state index contributed by atoms with van der Waals surface area (Å²) in [7, 11) is 0. The van der Waals surface area contributed by atoms with Crippen LogP contribution >= 0.6 is 12.6 Å². The molecule has 0 spiro atoms. The van der Waals surface area contributed by atoms with E-state index in [9.17, 15) is 0 Å². The lowest BCUT2D eigenvalue weighted by molar-refractivity contribution is 1.07. The Bertz CT molecular complexity index is 251. The largest absolute Gasteiger partial charge is 0.171 e. The number of aryl methyl sites for hydroxylation is 1. The molecule has 0 saturated heterocycles. The molecule has 0 aromatic heterocycles. The van der Waals surface area contributed by atoms with E-state index in [1.54, 1.807) is 0 Å². The normalized spacial score (nSPS) is 13.1. The molecular weight excluding hydrogens is 152 g/mol. The molecular formula is C10H14S. The summed E-state index contributed by atoms with van der Waals surface area (Å²) in [5, 5.41) is 0.342. The van der Waals surface area contributed by atoms with Gasteiger partial charge in [0.1, 0.15) is 0 Å². The molecule has 0 aliphatic heterocycles. The molecule has 0 saturated carbocycles. The Morgan fingerprint density at radius 1 is 1.27 bits per heavy atom. The minimum absolute atomic E-state index is 0.342. The van der Waals surface area contributed by atoms with E-state index in [1.165, 1.54) is 16.7 Å². The van der Waals surface area contributed by atoms with Gasteiger partial charge in [0.25, 0.3) is 0 Å². The van der Waals surface area contributed by atoms with E-state index in [0.29, 0.717) is 5.25 Å². The summed E-state index contributed by atoms with van der Waals surface area (Å²) in [4.78, 5) is 0. The van der Waals surface area contributed by atoms with Crippen LogP contribution in [0.1, 0.15) is 28.9 Å². The molecule has 11 heavy (non-hydrogen) atoms. The highest BCUT2D eigenvalue weighted by Crippen LogP contribution is 2.23. The van der Waals surface area contributed by atoms with Crippen molar-refractivity contribution >= 4 is 12.6 Å². The van der Waals surface area contributed by atoms with E-state index < -0.39 is 0 Å². The maximum absolute atomic E-state index is 4.40. The quantitative estimate of drug-likeness (QED) is 0.608. The highest BCUT2D eigenvalue weighted by atomic mass is 32.1. The molecule has 0 amide bonds. The first kappa shape index (κ1) is 8.66. The SMILES string of the molecule is Cc1cccc(C(C)S)c1C. The lowest BCUT2D eigenvalue weighted by Crippen LogP contribution is -1.91. The topological polar surface area (TPSA) is 0 Å². The molecule has 0 aliphatic carbocycles. The Hall–Kier alpha value is -0.430. The summed E-state index contributed by atoms with van der Waals surface area (Å²) in [5.41, 5.74) is 4.06. The van der Waals surface area contributed by atoms with E-state index in [2.05, 4.69) is 51.6 Å². The van der Waals surface area contributed by atoms with Gasteiger partial charge in [0, 0.05) is 5.25 Å². The van der Waals surface area contributed by atoms with Crippen LogP contribution in [0.3, 0.4) is 0 Å².